The first-order valence-electron chi connectivity index (χ1n) is 6.17. The molecule has 3 nitrogen and oxygen atoms in total. The fourth-order valence-electron chi connectivity index (χ4n) is 2.11. The van der Waals surface area contributed by atoms with Gasteiger partial charge in [-0.3, -0.25) is 4.98 Å². The zero-order chi connectivity index (χ0) is 12.8. The summed E-state index contributed by atoms with van der Waals surface area (Å²) < 4.78 is 5.34. The zero-order valence-electron chi connectivity index (χ0n) is 11.1. The minimum absolute atomic E-state index is 0.121. The molecule has 2 rings (SSSR count). The van der Waals surface area contributed by atoms with Crippen LogP contribution in [-0.4, -0.2) is 12.1 Å². The molecule has 0 aromatic carbocycles. The Hall–Kier alpha value is -1.56. The lowest BCUT2D eigenvalue weighted by Gasteiger charge is -2.21. The number of nitrogens with zero attached hydrogens (tertiary/aromatic N) is 2. The van der Waals surface area contributed by atoms with E-state index in [9.17, 15) is 0 Å². The van der Waals surface area contributed by atoms with Crippen molar-refractivity contribution < 1.29 is 4.74 Å². The molecular formula is C14H20N2O. The molecule has 0 radical (unpaired) electrons. The zero-order valence-corrected chi connectivity index (χ0v) is 11.1. The molecule has 3 heteroatoms. The highest BCUT2D eigenvalue weighted by Crippen LogP contribution is 2.31. The smallest absolute Gasteiger partial charge is 0.125 e. The average molecular weight is 232 g/mol. The lowest BCUT2D eigenvalue weighted by atomic mass is 9.87. The van der Waals surface area contributed by atoms with Gasteiger partial charge in [-0.1, -0.05) is 13.8 Å². The largest absolute Gasteiger partial charge is 0.496 e. The van der Waals surface area contributed by atoms with Gasteiger partial charge < -0.3 is 4.74 Å². The molecule has 1 atom stereocenters. The van der Waals surface area contributed by atoms with Crippen LogP contribution in [0.3, 0.4) is 0 Å². The average Bonchev–Trinajstić information content (AvgIpc) is 2.39. The van der Waals surface area contributed by atoms with E-state index >= 15 is 0 Å². The van der Waals surface area contributed by atoms with Crippen molar-refractivity contribution in [3.63, 3.8) is 0 Å². The molecular weight excluding hydrogens is 212 g/mol. The number of ether oxygens (including phenoxy) is 1. The van der Waals surface area contributed by atoms with Gasteiger partial charge in [-0.15, -0.1) is 0 Å². The SMILES string of the molecule is CC.COc1cc(C)nc2c1CC(C#N)CC2. The first kappa shape index (κ1) is 13.5. The second-order valence-corrected chi connectivity index (χ2v) is 3.96. The van der Waals surface area contributed by atoms with Gasteiger partial charge in [0.15, 0.2) is 0 Å². The maximum Gasteiger partial charge on any atom is 0.125 e. The van der Waals surface area contributed by atoms with Gasteiger partial charge in [0.25, 0.3) is 0 Å². The number of fused-ring (bicyclic) bond motifs is 1. The summed E-state index contributed by atoms with van der Waals surface area (Å²) in [6.07, 6.45) is 2.59. The fraction of sp³-hybridized carbons (Fsp3) is 0.571. The highest BCUT2D eigenvalue weighted by molar-refractivity contribution is 5.40. The molecule has 1 heterocycles. The van der Waals surface area contributed by atoms with Crippen molar-refractivity contribution in [2.24, 2.45) is 5.92 Å². The Bertz CT molecular complexity index is 404. The number of hydrogen-bond acceptors (Lipinski definition) is 3. The van der Waals surface area contributed by atoms with E-state index in [1.165, 1.54) is 0 Å². The summed E-state index contributed by atoms with van der Waals surface area (Å²) in [5, 5.41) is 8.92. The molecule has 0 aliphatic heterocycles. The molecule has 1 aromatic heterocycles. The van der Waals surface area contributed by atoms with Crippen molar-refractivity contribution in [2.45, 2.75) is 40.0 Å². The van der Waals surface area contributed by atoms with Crippen molar-refractivity contribution in [2.75, 3.05) is 7.11 Å². The van der Waals surface area contributed by atoms with Gasteiger partial charge in [-0.25, -0.2) is 0 Å². The second kappa shape index (κ2) is 6.24. The van der Waals surface area contributed by atoms with Crippen LogP contribution < -0.4 is 4.74 Å². The van der Waals surface area contributed by atoms with Crippen LogP contribution in [0.15, 0.2) is 6.07 Å². The van der Waals surface area contributed by atoms with Crippen LogP contribution in [0.5, 0.6) is 5.75 Å². The third-order valence-electron chi connectivity index (χ3n) is 2.88. The standard InChI is InChI=1S/C12H14N2O.C2H6/c1-8-5-12(15-2)10-6-9(7-13)3-4-11(10)14-8;1-2/h5,9H,3-4,6H2,1-2H3;1-2H3. The summed E-state index contributed by atoms with van der Waals surface area (Å²) in [6, 6.07) is 4.27. The van der Waals surface area contributed by atoms with Crippen molar-refractivity contribution in [3.8, 4) is 11.8 Å². The first-order valence-corrected chi connectivity index (χ1v) is 6.17. The first-order chi connectivity index (χ1) is 8.24. The molecule has 0 amide bonds. The summed E-state index contributed by atoms with van der Waals surface area (Å²) in [5.41, 5.74) is 3.22. The monoisotopic (exact) mass is 232 g/mol. The van der Waals surface area contributed by atoms with Crippen molar-refractivity contribution in [3.05, 3.63) is 23.0 Å². The molecule has 1 unspecified atom stereocenters. The Labute approximate surface area is 103 Å². The molecule has 0 spiro atoms. The molecule has 1 aromatic rings. The Morgan fingerprint density at radius 3 is 2.76 bits per heavy atom. The van der Waals surface area contributed by atoms with Crippen LogP contribution >= 0.6 is 0 Å². The Morgan fingerprint density at radius 1 is 1.47 bits per heavy atom. The van der Waals surface area contributed by atoms with Crippen LogP contribution in [-0.2, 0) is 12.8 Å². The number of nitriles is 1. The van der Waals surface area contributed by atoms with Gasteiger partial charge in [0.05, 0.1) is 19.1 Å². The van der Waals surface area contributed by atoms with Gasteiger partial charge in [-0.05, 0) is 26.2 Å². The minimum Gasteiger partial charge on any atom is -0.496 e. The Balaban J connectivity index is 0.000000686. The van der Waals surface area contributed by atoms with E-state index < -0.39 is 0 Å². The third-order valence-corrected chi connectivity index (χ3v) is 2.88. The van der Waals surface area contributed by atoms with E-state index in [0.29, 0.717) is 0 Å². The van der Waals surface area contributed by atoms with Crippen LogP contribution in [0.1, 0.15) is 37.2 Å². The highest BCUT2D eigenvalue weighted by Gasteiger charge is 2.22. The van der Waals surface area contributed by atoms with E-state index in [4.69, 9.17) is 10.00 Å². The third kappa shape index (κ3) is 2.97. The molecule has 0 N–H and O–H groups in total. The summed E-state index contributed by atoms with van der Waals surface area (Å²) in [7, 11) is 1.67. The lowest BCUT2D eigenvalue weighted by molar-refractivity contribution is 0.399. The lowest BCUT2D eigenvalue weighted by Crippen LogP contribution is -2.15. The summed E-state index contributed by atoms with van der Waals surface area (Å²) in [4.78, 5) is 4.50. The van der Waals surface area contributed by atoms with E-state index in [1.54, 1.807) is 7.11 Å². The normalized spacial score (nSPS) is 17.2. The number of pyridine rings is 1. The fourth-order valence-corrected chi connectivity index (χ4v) is 2.11. The quantitative estimate of drug-likeness (QED) is 0.747. The van der Waals surface area contributed by atoms with E-state index in [0.717, 1.165) is 42.0 Å². The van der Waals surface area contributed by atoms with E-state index in [-0.39, 0.29) is 5.92 Å². The number of hydrogen-bond donors (Lipinski definition) is 0. The molecule has 0 bridgehead atoms. The van der Waals surface area contributed by atoms with E-state index in [1.807, 2.05) is 26.8 Å². The molecule has 92 valence electrons. The van der Waals surface area contributed by atoms with Crippen LogP contribution in [0.2, 0.25) is 0 Å². The molecule has 0 saturated heterocycles. The highest BCUT2D eigenvalue weighted by atomic mass is 16.5. The summed E-state index contributed by atoms with van der Waals surface area (Å²) in [5.74, 6) is 1.01. The predicted octanol–water partition coefficient (Wildman–Crippen LogP) is 3.05. The Morgan fingerprint density at radius 2 is 2.18 bits per heavy atom. The summed E-state index contributed by atoms with van der Waals surface area (Å²) >= 11 is 0. The maximum absolute atomic E-state index is 8.92. The van der Waals surface area contributed by atoms with Crippen molar-refractivity contribution in [1.82, 2.24) is 4.98 Å². The van der Waals surface area contributed by atoms with Gasteiger partial charge in [0, 0.05) is 23.0 Å². The van der Waals surface area contributed by atoms with Gasteiger partial charge >= 0.3 is 0 Å². The molecule has 0 saturated carbocycles. The number of aryl methyl sites for hydroxylation is 2. The van der Waals surface area contributed by atoms with Crippen LogP contribution in [0.4, 0.5) is 0 Å². The van der Waals surface area contributed by atoms with Gasteiger partial charge in [-0.2, -0.15) is 5.26 Å². The maximum atomic E-state index is 8.92. The van der Waals surface area contributed by atoms with E-state index in [2.05, 4.69) is 11.1 Å². The molecule has 1 aliphatic carbocycles. The number of methoxy groups -OCH3 is 1. The minimum atomic E-state index is 0.121. The molecule has 17 heavy (non-hydrogen) atoms. The van der Waals surface area contributed by atoms with Gasteiger partial charge in [0.1, 0.15) is 5.75 Å². The number of rotatable bonds is 1. The van der Waals surface area contributed by atoms with Crippen molar-refractivity contribution in [1.29, 1.82) is 5.26 Å². The van der Waals surface area contributed by atoms with Crippen molar-refractivity contribution >= 4 is 0 Å². The summed E-state index contributed by atoms with van der Waals surface area (Å²) in [6.45, 7) is 5.97. The molecule has 1 aliphatic rings. The second-order valence-electron chi connectivity index (χ2n) is 3.96. The van der Waals surface area contributed by atoms with Gasteiger partial charge in [0.2, 0.25) is 0 Å². The topological polar surface area (TPSA) is 45.9 Å². The predicted molar refractivity (Wildman–Crippen MR) is 68.0 cm³/mol. The molecule has 0 fully saturated rings. The Kier molecular flexibility index (Phi) is 4.96. The van der Waals surface area contributed by atoms with Crippen LogP contribution in [0.25, 0.3) is 0 Å². The van der Waals surface area contributed by atoms with Crippen LogP contribution in [0, 0.1) is 24.2 Å². The number of aromatic nitrogens is 1.